The number of benzene rings is 2. The maximum absolute atomic E-state index is 13.7. The lowest BCUT2D eigenvalue weighted by molar-refractivity contribution is -0.384. The molecule has 0 spiro atoms. The molecule has 1 N–H and O–H groups in total. The fraction of sp³-hybridized carbons (Fsp3) is 0.357. The van der Waals surface area contributed by atoms with Crippen molar-refractivity contribution in [2.75, 3.05) is 38.0 Å². The van der Waals surface area contributed by atoms with E-state index in [0.29, 0.717) is 31.9 Å². The van der Waals surface area contributed by atoms with Crippen molar-refractivity contribution in [2.45, 2.75) is 32.9 Å². The predicted octanol–water partition coefficient (Wildman–Crippen LogP) is 5.12. The third kappa shape index (κ3) is 7.62. The molecule has 1 fully saturated rings. The number of hydrogen-bond acceptors (Lipinski definition) is 6. The van der Waals surface area contributed by atoms with Gasteiger partial charge in [-0.05, 0) is 67.6 Å². The van der Waals surface area contributed by atoms with Gasteiger partial charge >= 0.3 is 6.03 Å². The monoisotopic (exact) mass is 535 g/mol. The zero-order valence-corrected chi connectivity index (χ0v) is 22.4. The van der Waals surface area contributed by atoms with Crippen LogP contribution in [0.25, 0.3) is 0 Å². The van der Waals surface area contributed by atoms with E-state index in [1.807, 2.05) is 48.7 Å². The molecule has 1 saturated heterocycles. The number of nitro benzene ring substituents is 1. The topological polar surface area (TPSA) is 99.0 Å². The Morgan fingerprint density at radius 1 is 1.00 bits per heavy atom. The highest BCUT2D eigenvalue weighted by Crippen LogP contribution is 2.20. The Kier molecular flexibility index (Phi) is 9.45. The summed E-state index contributed by atoms with van der Waals surface area (Å²) in [4.78, 5) is 44.3. The second-order valence-corrected chi connectivity index (χ2v) is 10.5. The molecular weight excluding hydrogens is 502 g/mol. The fourth-order valence-corrected chi connectivity index (χ4v) is 5.35. The third-order valence-corrected chi connectivity index (χ3v) is 7.71. The van der Waals surface area contributed by atoms with Crippen molar-refractivity contribution in [3.05, 3.63) is 92.2 Å². The molecule has 0 saturated carbocycles. The van der Waals surface area contributed by atoms with Gasteiger partial charge in [-0.25, -0.2) is 4.79 Å². The molecular formula is C28H33N5O4S. The Balaban J connectivity index is 1.49. The van der Waals surface area contributed by atoms with Crippen LogP contribution in [-0.2, 0) is 17.9 Å². The van der Waals surface area contributed by atoms with Crippen LogP contribution >= 0.6 is 11.3 Å². The van der Waals surface area contributed by atoms with Gasteiger partial charge < -0.3 is 20.0 Å². The lowest BCUT2D eigenvalue weighted by Gasteiger charge is -2.29. The van der Waals surface area contributed by atoms with Gasteiger partial charge in [0.15, 0.2) is 0 Å². The van der Waals surface area contributed by atoms with Crippen molar-refractivity contribution >= 4 is 34.6 Å². The fourth-order valence-electron chi connectivity index (χ4n) is 4.43. The summed E-state index contributed by atoms with van der Waals surface area (Å²) in [5, 5.41) is 15.8. The van der Waals surface area contributed by atoms with Crippen LogP contribution < -0.4 is 5.32 Å². The van der Waals surface area contributed by atoms with E-state index < -0.39 is 11.0 Å². The maximum Gasteiger partial charge on any atom is 0.322 e. The molecule has 9 nitrogen and oxygen atoms in total. The third-order valence-electron chi connectivity index (χ3n) is 6.70. The van der Waals surface area contributed by atoms with Gasteiger partial charge in [-0.3, -0.25) is 14.9 Å². The quantitative estimate of drug-likeness (QED) is 0.271. The first-order valence-corrected chi connectivity index (χ1v) is 13.6. The number of carbonyl (C=O) groups is 2. The van der Waals surface area contributed by atoms with Gasteiger partial charge in [0.1, 0.15) is 6.54 Å². The summed E-state index contributed by atoms with van der Waals surface area (Å²) in [6, 6.07) is 17.2. The van der Waals surface area contributed by atoms with E-state index in [2.05, 4.69) is 10.2 Å². The van der Waals surface area contributed by atoms with Gasteiger partial charge in [-0.1, -0.05) is 30.3 Å². The SMILES string of the molecule is Cc1ccsc1CN(Cc1ccccc1)C(=O)CN(CCN1CCCC1)C(=O)Nc1ccc([N+](=O)[O-])cc1. The van der Waals surface area contributed by atoms with Crippen LogP contribution in [0, 0.1) is 17.0 Å². The molecule has 0 aliphatic carbocycles. The highest BCUT2D eigenvalue weighted by molar-refractivity contribution is 7.10. The number of nitrogens with zero attached hydrogens (tertiary/aromatic N) is 4. The standard InChI is InChI=1S/C28H33N5O4S/c1-22-13-18-38-26(22)20-32(19-23-7-3-2-4-8-23)27(34)21-31(17-16-30-14-5-6-15-30)28(35)29-24-9-11-25(12-10-24)33(36)37/h2-4,7-13,18H,5-6,14-17,19-21H2,1H3,(H,29,35). The summed E-state index contributed by atoms with van der Waals surface area (Å²) in [5.74, 6) is -0.137. The highest BCUT2D eigenvalue weighted by Gasteiger charge is 2.24. The number of urea groups is 1. The van der Waals surface area contributed by atoms with Crippen molar-refractivity contribution in [1.29, 1.82) is 0 Å². The molecule has 1 aliphatic rings. The highest BCUT2D eigenvalue weighted by atomic mass is 32.1. The summed E-state index contributed by atoms with van der Waals surface area (Å²) >= 11 is 1.62. The minimum absolute atomic E-state index is 0.0514. The second-order valence-electron chi connectivity index (χ2n) is 9.47. The molecule has 10 heteroatoms. The number of rotatable bonds is 11. The molecule has 4 rings (SSSR count). The van der Waals surface area contributed by atoms with Crippen LogP contribution in [0.3, 0.4) is 0 Å². The van der Waals surface area contributed by atoms with Crippen LogP contribution in [0.5, 0.6) is 0 Å². The number of nitro groups is 1. The molecule has 2 aromatic carbocycles. The average Bonchev–Trinajstić information content (AvgIpc) is 3.58. The predicted molar refractivity (Wildman–Crippen MR) is 149 cm³/mol. The van der Waals surface area contributed by atoms with E-state index in [-0.39, 0.29) is 18.1 Å². The molecule has 0 bridgehead atoms. The number of aryl methyl sites for hydroxylation is 1. The lowest BCUT2D eigenvalue weighted by atomic mass is 10.2. The Labute approximate surface area is 226 Å². The summed E-state index contributed by atoms with van der Waals surface area (Å²) in [7, 11) is 0. The molecule has 1 aliphatic heterocycles. The molecule has 0 unspecified atom stereocenters. The van der Waals surface area contributed by atoms with Gasteiger partial charge in [0, 0.05) is 42.3 Å². The normalized spacial score (nSPS) is 13.3. The number of carbonyl (C=O) groups excluding carboxylic acids is 2. The van der Waals surface area contributed by atoms with E-state index in [4.69, 9.17) is 0 Å². The Morgan fingerprint density at radius 3 is 2.34 bits per heavy atom. The van der Waals surface area contributed by atoms with E-state index in [1.54, 1.807) is 21.1 Å². The Morgan fingerprint density at radius 2 is 1.71 bits per heavy atom. The van der Waals surface area contributed by atoms with Crippen LogP contribution in [0.4, 0.5) is 16.2 Å². The molecule has 3 aromatic rings. The molecule has 200 valence electrons. The molecule has 0 atom stereocenters. The molecule has 1 aromatic heterocycles. The van der Waals surface area contributed by atoms with E-state index in [9.17, 15) is 19.7 Å². The van der Waals surface area contributed by atoms with Crippen molar-refractivity contribution in [1.82, 2.24) is 14.7 Å². The van der Waals surface area contributed by atoms with Gasteiger partial charge in [0.2, 0.25) is 5.91 Å². The van der Waals surface area contributed by atoms with Crippen LogP contribution in [0.2, 0.25) is 0 Å². The minimum atomic E-state index is -0.483. The van der Waals surface area contributed by atoms with Crippen LogP contribution in [-0.4, -0.2) is 64.3 Å². The van der Waals surface area contributed by atoms with E-state index in [1.165, 1.54) is 24.3 Å². The van der Waals surface area contributed by atoms with Crippen LogP contribution in [0.1, 0.15) is 28.8 Å². The lowest BCUT2D eigenvalue weighted by Crippen LogP contribution is -2.46. The largest absolute Gasteiger partial charge is 0.332 e. The summed E-state index contributed by atoms with van der Waals surface area (Å²) in [5.41, 5.74) is 2.55. The maximum atomic E-state index is 13.7. The summed E-state index contributed by atoms with van der Waals surface area (Å²) in [6.45, 7) is 5.96. The Hall–Kier alpha value is -3.76. The molecule has 2 heterocycles. The van der Waals surface area contributed by atoms with Crippen molar-refractivity contribution in [2.24, 2.45) is 0 Å². The van der Waals surface area contributed by atoms with Crippen molar-refractivity contribution in [3.8, 4) is 0 Å². The van der Waals surface area contributed by atoms with E-state index >= 15 is 0 Å². The molecule has 3 amide bonds. The zero-order chi connectivity index (χ0) is 26.9. The first kappa shape index (κ1) is 27.3. The van der Waals surface area contributed by atoms with E-state index in [0.717, 1.165) is 41.9 Å². The first-order chi connectivity index (χ1) is 18.4. The first-order valence-electron chi connectivity index (χ1n) is 12.8. The minimum Gasteiger partial charge on any atom is -0.332 e. The van der Waals surface area contributed by atoms with Crippen molar-refractivity contribution < 1.29 is 14.5 Å². The van der Waals surface area contributed by atoms with Gasteiger partial charge in [-0.15, -0.1) is 11.3 Å². The van der Waals surface area contributed by atoms with Crippen molar-refractivity contribution in [3.63, 3.8) is 0 Å². The number of non-ortho nitro benzene ring substituents is 1. The van der Waals surface area contributed by atoms with Gasteiger partial charge in [-0.2, -0.15) is 0 Å². The number of nitrogens with one attached hydrogen (secondary N) is 1. The second kappa shape index (κ2) is 13.2. The number of hydrogen-bond donors (Lipinski definition) is 1. The zero-order valence-electron chi connectivity index (χ0n) is 21.5. The summed E-state index contributed by atoms with van der Waals surface area (Å²) in [6.07, 6.45) is 2.28. The van der Waals surface area contributed by atoms with Crippen LogP contribution in [0.15, 0.2) is 66.0 Å². The number of amides is 3. The molecule has 0 radical (unpaired) electrons. The smallest absolute Gasteiger partial charge is 0.322 e. The molecule has 38 heavy (non-hydrogen) atoms. The average molecular weight is 536 g/mol. The Bertz CT molecular complexity index is 1230. The summed E-state index contributed by atoms with van der Waals surface area (Å²) < 4.78 is 0. The number of thiophene rings is 1. The number of anilines is 1. The number of likely N-dealkylation sites (tertiary alicyclic amines) is 1. The van der Waals surface area contributed by atoms with Gasteiger partial charge in [0.05, 0.1) is 11.5 Å². The van der Waals surface area contributed by atoms with Gasteiger partial charge in [0.25, 0.3) is 5.69 Å².